The fourth-order valence-electron chi connectivity index (χ4n) is 1.28. The predicted molar refractivity (Wildman–Crippen MR) is 43.1 cm³/mol. The third-order valence-electron chi connectivity index (χ3n) is 2.24. The molecule has 0 spiro atoms. The van der Waals surface area contributed by atoms with Gasteiger partial charge in [-0.3, -0.25) is 0 Å². The van der Waals surface area contributed by atoms with E-state index in [0.29, 0.717) is 5.92 Å². The second-order valence-electron chi connectivity index (χ2n) is 3.28. The summed E-state index contributed by atoms with van der Waals surface area (Å²) in [5.41, 5.74) is 1.92. The maximum absolute atomic E-state index is 13.0. The molecule has 0 heterocycles. The molecule has 0 bridgehead atoms. The largest absolute Gasteiger partial charge is 0.207 e. The molecular formula is C10H11F. The highest BCUT2D eigenvalue weighted by Crippen LogP contribution is 2.40. The molecule has 1 aromatic carbocycles. The quantitative estimate of drug-likeness (QED) is 0.577. The molecule has 0 unspecified atom stereocenters. The summed E-state index contributed by atoms with van der Waals surface area (Å²) in [6.45, 7) is 1.80. The topological polar surface area (TPSA) is 0 Å². The van der Waals surface area contributed by atoms with Crippen molar-refractivity contribution in [1.82, 2.24) is 0 Å². The van der Waals surface area contributed by atoms with Crippen LogP contribution in [0.2, 0.25) is 0 Å². The van der Waals surface area contributed by atoms with Gasteiger partial charge in [-0.05, 0) is 42.9 Å². The molecule has 1 saturated carbocycles. The molecular weight excluding hydrogens is 139 g/mol. The van der Waals surface area contributed by atoms with Crippen LogP contribution in [-0.4, -0.2) is 0 Å². The summed E-state index contributed by atoms with van der Waals surface area (Å²) in [6.07, 6.45) is 2.48. The molecule has 0 saturated heterocycles. The van der Waals surface area contributed by atoms with Gasteiger partial charge in [-0.2, -0.15) is 0 Å². The Morgan fingerprint density at radius 3 is 2.64 bits per heavy atom. The molecule has 0 amide bonds. The van der Waals surface area contributed by atoms with Gasteiger partial charge in [0.15, 0.2) is 0 Å². The summed E-state index contributed by atoms with van der Waals surface area (Å²) >= 11 is 0. The van der Waals surface area contributed by atoms with Gasteiger partial charge in [0.1, 0.15) is 5.82 Å². The first-order valence-corrected chi connectivity index (χ1v) is 4.03. The van der Waals surface area contributed by atoms with E-state index in [1.54, 1.807) is 13.0 Å². The summed E-state index contributed by atoms with van der Waals surface area (Å²) in [7, 11) is 0. The lowest BCUT2D eigenvalue weighted by Gasteiger charge is -1.99. The maximum Gasteiger partial charge on any atom is 0.126 e. The Morgan fingerprint density at radius 2 is 2.09 bits per heavy atom. The Kier molecular flexibility index (Phi) is 1.45. The number of aryl methyl sites for hydroxylation is 1. The minimum atomic E-state index is -0.0607. The van der Waals surface area contributed by atoms with E-state index >= 15 is 0 Å². The molecule has 1 aliphatic carbocycles. The molecule has 0 aromatic heterocycles. The average molecular weight is 150 g/mol. The van der Waals surface area contributed by atoms with Crippen LogP contribution in [0.1, 0.15) is 29.9 Å². The third-order valence-corrected chi connectivity index (χ3v) is 2.24. The minimum absolute atomic E-state index is 0.0607. The molecule has 1 heteroatoms. The van der Waals surface area contributed by atoms with E-state index in [-0.39, 0.29) is 5.82 Å². The van der Waals surface area contributed by atoms with E-state index in [4.69, 9.17) is 0 Å². The molecule has 0 radical (unpaired) electrons. The molecule has 1 aliphatic rings. The van der Waals surface area contributed by atoms with Crippen LogP contribution in [0.15, 0.2) is 18.2 Å². The second kappa shape index (κ2) is 2.33. The standard InChI is InChI=1S/C10H11F/c1-7-2-3-9(6-10(7)11)8-4-5-8/h2-3,6,8H,4-5H2,1H3. The highest BCUT2D eigenvalue weighted by atomic mass is 19.1. The Morgan fingerprint density at radius 1 is 1.36 bits per heavy atom. The van der Waals surface area contributed by atoms with E-state index in [1.807, 2.05) is 12.1 Å². The zero-order valence-electron chi connectivity index (χ0n) is 6.60. The second-order valence-corrected chi connectivity index (χ2v) is 3.28. The molecule has 0 nitrogen and oxygen atoms in total. The zero-order valence-corrected chi connectivity index (χ0v) is 6.60. The van der Waals surface area contributed by atoms with Gasteiger partial charge in [0, 0.05) is 0 Å². The van der Waals surface area contributed by atoms with Gasteiger partial charge in [0.2, 0.25) is 0 Å². The third kappa shape index (κ3) is 1.28. The lowest BCUT2D eigenvalue weighted by Crippen LogP contribution is -1.85. The van der Waals surface area contributed by atoms with E-state index in [1.165, 1.54) is 18.4 Å². The van der Waals surface area contributed by atoms with Crippen LogP contribution >= 0.6 is 0 Å². The molecule has 2 rings (SSSR count). The smallest absolute Gasteiger partial charge is 0.126 e. The molecule has 11 heavy (non-hydrogen) atoms. The van der Waals surface area contributed by atoms with E-state index in [0.717, 1.165) is 5.56 Å². The summed E-state index contributed by atoms with van der Waals surface area (Å²) in [5.74, 6) is 0.597. The average Bonchev–Trinajstić information content (AvgIpc) is 2.77. The summed E-state index contributed by atoms with van der Waals surface area (Å²) < 4.78 is 13.0. The van der Waals surface area contributed by atoms with Crippen molar-refractivity contribution in [1.29, 1.82) is 0 Å². The summed E-state index contributed by atoms with van der Waals surface area (Å²) in [6, 6.07) is 5.58. The summed E-state index contributed by atoms with van der Waals surface area (Å²) in [5, 5.41) is 0. The number of rotatable bonds is 1. The first kappa shape index (κ1) is 6.84. The highest BCUT2D eigenvalue weighted by Gasteiger charge is 2.23. The number of hydrogen-bond acceptors (Lipinski definition) is 0. The first-order chi connectivity index (χ1) is 5.27. The van der Waals surface area contributed by atoms with Gasteiger partial charge in [0.25, 0.3) is 0 Å². The molecule has 0 aliphatic heterocycles. The van der Waals surface area contributed by atoms with E-state index < -0.39 is 0 Å². The normalized spacial score (nSPS) is 16.9. The van der Waals surface area contributed by atoms with E-state index in [9.17, 15) is 4.39 Å². The van der Waals surface area contributed by atoms with Crippen molar-refractivity contribution in [2.75, 3.05) is 0 Å². The predicted octanol–water partition coefficient (Wildman–Crippen LogP) is 3.01. The molecule has 0 atom stereocenters. The van der Waals surface area contributed by atoms with Crippen molar-refractivity contribution in [2.24, 2.45) is 0 Å². The van der Waals surface area contributed by atoms with Gasteiger partial charge in [-0.1, -0.05) is 12.1 Å². The van der Waals surface area contributed by atoms with Crippen LogP contribution in [0, 0.1) is 12.7 Å². The number of halogens is 1. The van der Waals surface area contributed by atoms with Crippen LogP contribution in [0.4, 0.5) is 4.39 Å². The SMILES string of the molecule is Cc1ccc(C2CC2)cc1F. The zero-order chi connectivity index (χ0) is 7.84. The number of benzene rings is 1. The Hall–Kier alpha value is -0.850. The lowest BCUT2D eigenvalue weighted by molar-refractivity contribution is 0.616. The van der Waals surface area contributed by atoms with Gasteiger partial charge in [-0.25, -0.2) is 4.39 Å². The van der Waals surface area contributed by atoms with Crippen LogP contribution in [-0.2, 0) is 0 Å². The van der Waals surface area contributed by atoms with Crippen molar-refractivity contribution in [3.05, 3.63) is 35.1 Å². The fourth-order valence-corrected chi connectivity index (χ4v) is 1.28. The monoisotopic (exact) mass is 150 g/mol. The van der Waals surface area contributed by atoms with Crippen LogP contribution in [0.5, 0.6) is 0 Å². The molecule has 1 fully saturated rings. The highest BCUT2D eigenvalue weighted by molar-refractivity contribution is 5.28. The molecule has 1 aromatic rings. The Bertz CT molecular complexity index is 274. The van der Waals surface area contributed by atoms with Crippen molar-refractivity contribution in [3.8, 4) is 0 Å². The summed E-state index contributed by atoms with van der Waals surface area (Å²) in [4.78, 5) is 0. The molecule has 58 valence electrons. The van der Waals surface area contributed by atoms with Crippen LogP contribution in [0.3, 0.4) is 0 Å². The minimum Gasteiger partial charge on any atom is -0.207 e. The number of hydrogen-bond donors (Lipinski definition) is 0. The van der Waals surface area contributed by atoms with Crippen LogP contribution < -0.4 is 0 Å². The Balaban J connectivity index is 2.36. The molecule has 0 N–H and O–H groups in total. The van der Waals surface area contributed by atoms with Crippen LogP contribution in [0.25, 0.3) is 0 Å². The van der Waals surface area contributed by atoms with Crippen molar-refractivity contribution in [3.63, 3.8) is 0 Å². The van der Waals surface area contributed by atoms with Gasteiger partial charge >= 0.3 is 0 Å². The van der Waals surface area contributed by atoms with E-state index in [2.05, 4.69) is 0 Å². The fraction of sp³-hybridized carbons (Fsp3) is 0.400. The van der Waals surface area contributed by atoms with Crippen molar-refractivity contribution in [2.45, 2.75) is 25.7 Å². The van der Waals surface area contributed by atoms with Gasteiger partial charge in [0.05, 0.1) is 0 Å². The van der Waals surface area contributed by atoms with Crippen molar-refractivity contribution >= 4 is 0 Å². The maximum atomic E-state index is 13.0. The van der Waals surface area contributed by atoms with Crippen molar-refractivity contribution < 1.29 is 4.39 Å². The lowest BCUT2D eigenvalue weighted by atomic mass is 10.1. The van der Waals surface area contributed by atoms with Gasteiger partial charge in [-0.15, -0.1) is 0 Å². The Labute approximate surface area is 66.1 Å². The van der Waals surface area contributed by atoms with Gasteiger partial charge < -0.3 is 0 Å². The first-order valence-electron chi connectivity index (χ1n) is 4.03.